The van der Waals surface area contributed by atoms with E-state index in [2.05, 4.69) is 10.3 Å². The Hall–Kier alpha value is -4.36. The Morgan fingerprint density at radius 1 is 1.11 bits per heavy atom. The normalized spacial score (nSPS) is 25.5. The number of methoxy groups -OCH3 is 1. The standard InChI is InChI=1S/C32H31FN6O5S/c1-16-3-6-19(7-4-16)45(42,43)38-14-25(24-11-17(33)13-34-31(24)38)29-36-30(26-10-5-18(15-44-2)39(26)37-29)35-28-21-9-8-20(22-12-23(21)22)27(28)32(40)41/h3-7,10-11,13-14,20-23,27-28H,8-9,12,15H2,1-2H3,(H,40,41)(H,35,36,37)/t20-,21+,22?,23?,27-,28-/m0/s1. The summed E-state index contributed by atoms with van der Waals surface area (Å²) in [5.74, 6) is -0.0934. The number of nitrogens with zero attached hydrogens (tertiary/aromatic N) is 5. The molecule has 4 fully saturated rings. The van der Waals surface area contributed by atoms with Crippen molar-refractivity contribution in [2.45, 2.75) is 43.7 Å². The lowest BCUT2D eigenvalue weighted by Crippen LogP contribution is -2.52. The lowest BCUT2D eigenvalue weighted by Gasteiger charge is -2.46. The van der Waals surface area contributed by atoms with Crippen molar-refractivity contribution in [2.24, 2.45) is 29.6 Å². The first-order valence-electron chi connectivity index (χ1n) is 15.0. The Kier molecular flexibility index (Phi) is 6.30. The van der Waals surface area contributed by atoms with Crippen molar-refractivity contribution in [3.05, 3.63) is 71.9 Å². The SMILES string of the molecule is COCc1ccc2c(N[C@@H]3[C@@H](C(=O)O)[C@H]4CC[C@@H]3C3CC34)nc(-c3cn(S(=O)(=O)c4ccc(C)cc4)c4ncc(F)cc34)nn12. The van der Waals surface area contributed by atoms with Crippen LogP contribution < -0.4 is 5.32 Å². The number of carboxylic acid groups (broad SMARTS) is 1. The van der Waals surface area contributed by atoms with Crippen LogP contribution in [0.5, 0.6) is 0 Å². The van der Waals surface area contributed by atoms with Gasteiger partial charge in [0.15, 0.2) is 17.3 Å². The second kappa shape index (κ2) is 10.1. The van der Waals surface area contributed by atoms with Crippen LogP contribution in [0.4, 0.5) is 10.2 Å². The Balaban J connectivity index is 1.30. The highest BCUT2D eigenvalue weighted by Crippen LogP contribution is 2.64. The molecule has 4 aliphatic rings. The van der Waals surface area contributed by atoms with E-state index in [1.165, 1.54) is 24.4 Å². The molecule has 45 heavy (non-hydrogen) atoms. The smallest absolute Gasteiger partial charge is 0.308 e. The van der Waals surface area contributed by atoms with Crippen molar-refractivity contribution in [1.82, 2.24) is 23.6 Å². The first-order chi connectivity index (χ1) is 21.7. The van der Waals surface area contributed by atoms with Crippen molar-refractivity contribution >= 4 is 38.4 Å². The van der Waals surface area contributed by atoms with Crippen molar-refractivity contribution < 1.29 is 27.4 Å². The first-order valence-corrected chi connectivity index (χ1v) is 16.5. The third-order valence-corrected chi connectivity index (χ3v) is 11.7. The van der Waals surface area contributed by atoms with E-state index in [4.69, 9.17) is 14.8 Å². The van der Waals surface area contributed by atoms with Crippen LogP contribution in [0.25, 0.3) is 27.9 Å². The Morgan fingerprint density at radius 3 is 2.62 bits per heavy atom. The number of nitrogens with one attached hydrogen (secondary N) is 1. The molecule has 2 N–H and O–H groups in total. The van der Waals surface area contributed by atoms with Crippen LogP contribution in [0.2, 0.25) is 0 Å². The molecule has 4 aromatic heterocycles. The molecule has 0 spiro atoms. The Labute approximate surface area is 258 Å². The summed E-state index contributed by atoms with van der Waals surface area (Å²) < 4.78 is 50.4. The van der Waals surface area contributed by atoms with Gasteiger partial charge < -0.3 is 15.2 Å². The zero-order valence-electron chi connectivity index (χ0n) is 24.6. The van der Waals surface area contributed by atoms with Gasteiger partial charge in [-0.05, 0) is 80.2 Å². The molecule has 11 nitrogen and oxygen atoms in total. The van der Waals surface area contributed by atoms with Crippen molar-refractivity contribution in [1.29, 1.82) is 0 Å². The molecule has 13 heteroatoms. The van der Waals surface area contributed by atoms with Gasteiger partial charge in [0.2, 0.25) is 0 Å². The number of hydrogen-bond acceptors (Lipinski definition) is 8. The number of hydrogen-bond donors (Lipinski definition) is 2. The van der Waals surface area contributed by atoms with Gasteiger partial charge in [-0.25, -0.2) is 31.3 Å². The Bertz CT molecular complexity index is 2110. The fourth-order valence-corrected chi connectivity index (χ4v) is 9.24. The van der Waals surface area contributed by atoms with E-state index >= 15 is 0 Å². The molecule has 0 aliphatic heterocycles. The zero-order valence-corrected chi connectivity index (χ0v) is 25.4. The lowest BCUT2D eigenvalue weighted by atomic mass is 9.61. The number of ether oxygens (including phenoxy) is 1. The fraction of sp³-hybridized carbons (Fsp3) is 0.375. The van der Waals surface area contributed by atoms with Gasteiger partial charge in [-0.3, -0.25) is 4.79 Å². The number of pyridine rings is 1. The fourth-order valence-electron chi connectivity index (χ4n) is 7.91. The van der Waals surface area contributed by atoms with E-state index in [1.807, 2.05) is 19.1 Å². The number of aliphatic carboxylic acids is 1. The molecule has 9 rings (SSSR count). The van der Waals surface area contributed by atoms with Crippen LogP contribution in [-0.4, -0.2) is 56.2 Å². The molecule has 2 unspecified atom stereocenters. The van der Waals surface area contributed by atoms with Gasteiger partial charge in [-0.1, -0.05) is 17.7 Å². The van der Waals surface area contributed by atoms with Crippen LogP contribution in [0, 0.1) is 42.3 Å². The van der Waals surface area contributed by atoms with Crippen molar-refractivity contribution in [3.63, 3.8) is 0 Å². The monoisotopic (exact) mass is 630 g/mol. The van der Waals surface area contributed by atoms with Gasteiger partial charge in [0.05, 0.1) is 29.3 Å². The summed E-state index contributed by atoms with van der Waals surface area (Å²) in [6, 6.07) is 11.1. The number of aryl methyl sites for hydroxylation is 1. The zero-order chi connectivity index (χ0) is 31.2. The molecule has 5 aromatic rings. The predicted molar refractivity (Wildman–Crippen MR) is 162 cm³/mol. The average molecular weight is 631 g/mol. The number of carbonyl (C=O) groups is 1. The molecule has 2 bridgehead atoms. The Morgan fingerprint density at radius 2 is 1.87 bits per heavy atom. The van der Waals surface area contributed by atoms with E-state index in [0.717, 1.165) is 35.0 Å². The highest BCUT2D eigenvalue weighted by atomic mass is 32.2. The molecule has 4 saturated carbocycles. The quantitative estimate of drug-likeness (QED) is 0.249. The van der Waals surface area contributed by atoms with Crippen LogP contribution in [0.1, 0.15) is 30.5 Å². The highest BCUT2D eigenvalue weighted by Gasteiger charge is 2.63. The molecule has 0 amide bonds. The minimum absolute atomic E-state index is 0.0325. The third-order valence-electron chi connectivity index (χ3n) is 10.0. The molecule has 232 valence electrons. The minimum Gasteiger partial charge on any atom is -0.481 e. The second-order valence-corrected chi connectivity index (χ2v) is 14.3. The number of anilines is 1. The minimum atomic E-state index is -4.12. The molecule has 4 aliphatic carbocycles. The number of aromatic nitrogens is 5. The van der Waals surface area contributed by atoms with Gasteiger partial charge >= 0.3 is 5.97 Å². The summed E-state index contributed by atoms with van der Waals surface area (Å²) in [6.45, 7) is 2.10. The van der Waals surface area contributed by atoms with Crippen molar-refractivity contribution in [3.8, 4) is 11.4 Å². The highest BCUT2D eigenvalue weighted by molar-refractivity contribution is 7.90. The number of carboxylic acids is 1. The molecule has 0 radical (unpaired) electrons. The molecule has 4 heterocycles. The third kappa shape index (κ3) is 4.35. The van der Waals surface area contributed by atoms with Crippen LogP contribution in [0.3, 0.4) is 0 Å². The van der Waals surface area contributed by atoms with Crippen LogP contribution in [-0.2, 0) is 26.2 Å². The van der Waals surface area contributed by atoms with E-state index < -0.39 is 27.7 Å². The number of benzene rings is 1. The van der Waals surface area contributed by atoms with Gasteiger partial charge in [-0.15, -0.1) is 5.10 Å². The predicted octanol–water partition coefficient (Wildman–Crippen LogP) is 4.73. The summed E-state index contributed by atoms with van der Waals surface area (Å²) in [5, 5.41) is 18.8. The largest absolute Gasteiger partial charge is 0.481 e. The van der Waals surface area contributed by atoms with E-state index in [9.17, 15) is 22.7 Å². The maximum atomic E-state index is 14.7. The van der Waals surface area contributed by atoms with Crippen LogP contribution in [0.15, 0.2) is 59.8 Å². The maximum Gasteiger partial charge on any atom is 0.308 e. The van der Waals surface area contributed by atoms with Crippen LogP contribution >= 0.6 is 0 Å². The second-order valence-electron chi connectivity index (χ2n) is 12.5. The van der Waals surface area contributed by atoms with E-state index in [0.29, 0.717) is 28.9 Å². The molecular weight excluding hydrogens is 599 g/mol. The number of fused-ring (bicyclic) bond motifs is 4. The van der Waals surface area contributed by atoms with Crippen molar-refractivity contribution in [2.75, 3.05) is 12.4 Å². The molecule has 0 saturated heterocycles. The number of rotatable bonds is 8. The summed E-state index contributed by atoms with van der Waals surface area (Å²) >= 11 is 0. The van der Waals surface area contributed by atoms with E-state index in [1.54, 1.807) is 23.8 Å². The summed E-state index contributed by atoms with van der Waals surface area (Å²) in [7, 11) is -2.55. The average Bonchev–Trinajstić information content (AvgIpc) is 3.62. The molecule has 6 atom stereocenters. The topological polar surface area (TPSA) is 141 Å². The summed E-state index contributed by atoms with van der Waals surface area (Å²) in [5.41, 5.74) is 2.54. The maximum absolute atomic E-state index is 14.7. The summed E-state index contributed by atoms with van der Waals surface area (Å²) in [4.78, 5) is 21.7. The number of halogens is 1. The van der Waals surface area contributed by atoms with Gasteiger partial charge in [0, 0.05) is 30.3 Å². The van der Waals surface area contributed by atoms with Gasteiger partial charge in [0.25, 0.3) is 10.0 Å². The lowest BCUT2D eigenvalue weighted by molar-refractivity contribution is -0.148. The summed E-state index contributed by atoms with van der Waals surface area (Å²) in [6.07, 6.45) is 5.30. The molecule has 1 aromatic carbocycles. The first kappa shape index (κ1) is 28.1. The van der Waals surface area contributed by atoms with Gasteiger partial charge in [0.1, 0.15) is 11.3 Å². The van der Waals surface area contributed by atoms with E-state index in [-0.39, 0.29) is 51.8 Å². The molecular formula is C32H31FN6O5S. The van der Waals surface area contributed by atoms with Gasteiger partial charge in [-0.2, -0.15) is 0 Å².